The van der Waals surface area contributed by atoms with Crippen LogP contribution in [0.4, 0.5) is 14.6 Å². The molecule has 0 saturated carbocycles. The van der Waals surface area contributed by atoms with Gasteiger partial charge in [0.25, 0.3) is 0 Å². The highest BCUT2D eigenvalue weighted by atomic mass is 19.3. The molecule has 1 aliphatic rings. The van der Waals surface area contributed by atoms with Crippen LogP contribution in [0.1, 0.15) is 46.4 Å². The number of aromatic nitrogens is 2. The van der Waals surface area contributed by atoms with Gasteiger partial charge < -0.3 is 18.8 Å². The molecule has 4 rings (SSSR count). The summed E-state index contributed by atoms with van der Waals surface area (Å²) >= 11 is 0. The molecule has 1 atom stereocenters. The second-order valence-electron chi connectivity index (χ2n) is 8.83. The van der Waals surface area contributed by atoms with E-state index in [1.807, 2.05) is 0 Å². The highest BCUT2D eigenvalue weighted by Gasteiger charge is 2.48. The molecule has 0 amide bonds. The first-order chi connectivity index (χ1) is 15.5. The fourth-order valence-electron chi connectivity index (χ4n) is 3.86. The number of anilines is 1. The molecule has 176 valence electrons. The van der Waals surface area contributed by atoms with E-state index in [2.05, 4.69) is 14.7 Å². The predicted octanol–water partition coefficient (Wildman–Crippen LogP) is 4.34. The lowest BCUT2D eigenvalue weighted by atomic mass is 10.1. The summed E-state index contributed by atoms with van der Waals surface area (Å²) < 4.78 is 45.9. The quantitative estimate of drug-likeness (QED) is 0.518. The monoisotopic (exact) mass is 461 g/mol. The molecule has 0 spiro atoms. The first-order valence-electron chi connectivity index (χ1n) is 10.8. The van der Waals surface area contributed by atoms with Gasteiger partial charge in [-0.2, -0.15) is 8.78 Å². The van der Waals surface area contributed by atoms with E-state index in [9.17, 15) is 18.4 Å². The van der Waals surface area contributed by atoms with Crippen LogP contribution in [-0.2, 0) is 25.0 Å². The molecule has 1 aromatic carbocycles. The summed E-state index contributed by atoms with van der Waals surface area (Å²) in [4.78, 5) is 34.5. The third kappa shape index (κ3) is 4.21. The van der Waals surface area contributed by atoms with E-state index >= 15 is 0 Å². The third-order valence-electron chi connectivity index (χ3n) is 5.22. The summed E-state index contributed by atoms with van der Waals surface area (Å²) in [6.45, 7) is 6.85. The van der Waals surface area contributed by atoms with Crippen LogP contribution in [-0.4, -0.2) is 46.7 Å². The van der Waals surface area contributed by atoms with Crippen LogP contribution in [0, 0.1) is 0 Å². The van der Waals surface area contributed by atoms with Crippen molar-refractivity contribution in [2.75, 3.05) is 18.1 Å². The molecule has 33 heavy (non-hydrogen) atoms. The van der Waals surface area contributed by atoms with Crippen molar-refractivity contribution in [1.29, 1.82) is 0 Å². The Bertz CT molecular complexity index is 1220. The minimum Gasteiger partial charge on any atom is -0.461 e. The number of esters is 2. The molecule has 1 aliphatic heterocycles. The number of benzene rings is 1. The Morgan fingerprint density at radius 2 is 1.94 bits per heavy atom. The molecular weight excluding hydrogens is 436 g/mol. The maximum absolute atomic E-state index is 15.0. The van der Waals surface area contributed by atoms with Gasteiger partial charge in [0.1, 0.15) is 22.7 Å². The highest BCUT2D eigenvalue weighted by Crippen LogP contribution is 2.39. The topological polar surface area (TPSA) is 94.8 Å². The summed E-state index contributed by atoms with van der Waals surface area (Å²) in [6, 6.07) is 6.09. The Kier molecular flexibility index (Phi) is 5.71. The molecule has 10 heteroatoms. The van der Waals surface area contributed by atoms with Crippen LogP contribution in [0.2, 0.25) is 0 Å². The maximum Gasteiger partial charge on any atom is 0.401 e. The number of hydrogen-bond acceptors (Lipinski definition) is 8. The van der Waals surface area contributed by atoms with Crippen molar-refractivity contribution in [2.45, 2.75) is 58.1 Å². The number of nitrogens with zero attached hydrogens (tertiary/aromatic N) is 3. The largest absolute Gasteiger partial charge is 0.461 e. The summed E-state index contributed by atoms with van der Waals surface area (Å²) in [6.07, 6.45) is 1.09. The number of furan rings is 1. The summed E-state index contributed by atoms with van der Waals surface area (Å²) in [5.74, 6) is -7.30. The van der Waals surface area contributed by atoms with Crippen molar-refractivity contribution in [3.63, 3.8) is 0 Å². The maximum atomic E-state index is 15.0. The van der Waals surface area contributed by atoms with Crippen molar-refractivity contribution in [3.8, 4) is 0 Å². The average Bonchev–Trinajstić information content (AvgIpc) is 3.37. The molecule has 3 heterocycles. The molecule has 0 bridgehead atoms. The Morgan fingerprint density at radius 3 is 2.64 bits per heavy atom. The van der Waals surface area contributed by atoms with Crippen LogP contribution in [0.3, 0.4) is 0 Å². The second kappa shape index (κ2) is 8.24. The van der Waals surface area contributed by atoms with Crippen molar-refractivity contribution in [3.05, 3.63) is 30.1 Å². The van der Waals surface area contributed by atoms with E-state index in [0.29, 0.717) is 30.4 Å². The number of fused-ring (bicyclic) bond motifs is 3. The first-order valence-corrected chi connectivity index (χ1v) is 10.8. The number of para-hydroxylation sites is 1. The van der Waals surface area contributed by atoms with Gasteiger partial charge in [-0.25, -0.2) is 19.6 Å². The molecule has 0 radical (unpaired) electrons. The molecule has 8 nitrogen and oxygen atoms in total. The Balaban J connectivity index is 1.89. The zero-order valence-electron chi connectivity index (χ0n) is 18.9. The number of hydrogen-bond donors (Lipinski definition) is 0. The minimum atomic E-state index is -4.08. The van der Waals surface area contributed by atoms with Gasteiger partial charge in [-0.3, -0.25) is 0 Å². The SMILES string of the molecule is CCOC(=O)C(F)(F)c1nc(N2CCC[C@H]2C(=O)OC(C)(C)C)c2oc3ccccc3c2n1. The molecular formula is C23H25F2N3O5. The van der Waals surface area contributed by atoms with Gasteiger partial charge in [-0.1, -0.05) is 12.1 Å². The number of alkyl halides is 2. The average molecular weight is 461 g/mol. The van der Waals surface area contributed by atoms with Gasteiger partial charge in [0, 0.05) is 11.9 Å². The number of halogens is 2. The lowest BCUT2D eigenvalue weighted by Crippen LogP contribution is -2.41. The van der Waals surface area contributed by atoms with Gasteiger partial charge >= 0.3 is 17.9 Å². The normalized spacial score (nSPS) is 17.0. The number of carbonyl (C=O) groups excluding carboxylic acids is 2. The van der Waals surface area contributed by atoms with E-state index in [0.717, 1.165) is 0 Å². The van der Waals surface area contributed by atoms with E-state index in [4.69, 9.17) is 9.15 Å². The van der Waals surface area contributed by atoms with Gasteiger partial charge in [-0.05, 0) is 52.7 Å². The number of rotatable bonds is 5. The summed E-state index contributed by atoms with van der Waals surface area (Å²) in [7, 11) is 0. The predicted molar refractivity (Wildman–Crippen MR) is 116 cm³/mol. The molecule has 1 fully saturated rings. The van der Waals surface area contributed by atoms with Crippen LogP contribution < -0.4 is 4.90 Å². The molecule has 3 aromatic rings. The number of carbonyl (C=O) groups is 2. The van der Waals surface area contributed by atoms with Crippen molar-refractivity contribution >= 4 is 39.8 Å². The Hall–Kier alpha value is -3.30. The van der Waals surface area contributed by atoms with Crippen molar-refractivity contribution in [1.82, 2.24) is 9.97 Å². The van der Waals surface area contributed by atoms with Gasteiger partial charge in [0.15, 0.2) is 11.4 Å². The molecule has 2 aromatic heterocycles. The lowest BCUT2D eigenvalue weighted by Gasteiger charge is -2.28. The third-order valence-corrected chi connectivity index (χ3v) is 5.22. The minimum absolute atomic E-state index is 0.0172. The van der Waals surface area contributed by atoms with Crippen LogP contribution in [0.25, 0.3) is 22.1 Å². The van der Waals surface area contributed by atoms with Gasteiger partial charge in [0.05, 0.1) is 6.61 Å². The molecule has 0 aliphatic carbocycles. The summed E-state index contributed by atoms with van der Waals surface area (Å²) in [5, 5.41) is 0.491. The van der Waals surface area contributed by atoms with E-state index < -0.39 is 35.3 Å². The highest BCUT2D eigenvalue weighted by molar-refractivity contribution is 6.06. The zero-order chi connectivity index (χ0) is 24.0. The van der Waals surface area contributed by atoms with E-state index in [1.54, 1.807) is 49.9 Å². The van der Waals surface area contributed by atoms with Crippen LogP contribution in [0.15, 0.2) is 28.7 Å². The zero-order valence-corrected chi connectivity index (χ0v) is 18.9. The lowest BCUT2D eigenvalue weighted by molar-refractivity contribution is -0.174. The Morgan fingerprint density at radius 1 is 1.21 bits per heavy atom. The fourth-order valence-corrected chi connectivity index (χ4v) is 3.86. The molecule has 0 unspecified atom stereocenters. The van der Waals surface area contributed by atoms with Crippen LogP contribution >= 0.6 is 0 Å². The van der Waals surface area contributed by atoms with Gasteiger partial charge in [0.2, 0.25) is 5.82 Å². The smallest absolute Gasteiger partial charge is 0.401 e. The standard InChI is InChI=1S/C23H25F2N3O5/c1-5-31-21(30)23(24,25)20-26-16-13-9-6-7-11-15(13)32-17(16)18(27-20)28-12-8-10-14(28)19(29)33-22(2,3)4/h6-7,9,11,14H,5,8,10,12H2,1-4H3/t14-/m0/s1. The first kappa shape index (κ1) is 22.9. The van der Waals surface area contributed by atoms with E-state index in [1.165, 1.54) is 6.92 Å². The second-order valence-corrected chi connectivity index (χ2v) is 8.83. The van der Waals surface area contributed by atoms with Crippen molar-refractivity contribution < 1.29 is 32.3 Å². The van der Waals surface area contributed by atoms with Crippen molar-refractivity contribution in [2.24, 2.45) is 0 Å². The fraction of sp³-hybridized carbons (Fsp3) is 0.478. The summed E-state index contributed by atoms with van der Waals surface area (Å²) in [5.41, 5.74) is 0.000466. The Labute approximate surface area is 188 Å². The van der Waals surface area contributed by atoms with Gasteiger partial charge in [-0.15, -0.1) is 0 Å². The molecule has 0 N–H and O–H groups in total. The molecule has 1 saturated heterocycles. The van der Waals surface area contributed by atoms with E-state index in [-0.39, 0.29) is 23.5 Å². The van der Waals surface area contributed by atoms with Crippen LogP contribution in [0.5, 0.6) is 0 Å². The number of ether oxygens (including phenoxy) is 2.